The van der Waals surface area contributed by atoms with E-state index in [1.807, 2.05) is 4.90 Å². The van der Waals surface area contributed by atoms with Crippen molar-refractivity contribution >= 4 is 17.7 Å². The maximum absolute atomic E-state index is 11.8. The van der Waals surface area contributed by atoms with Gasteiger partial charge in [0, 0.05) is 13.0 Å². The Balaban J connectivity index is 2.13. The third-order valence-corrected chi connectivity index (χ3v) is 3.35. The van der Waals surface area contributed by atoms with Crippen molar-refractivity contribution in [2.24, 2.45) is 0 Å². The highest BCUT2D eigenvalue weighted by Crippen LogP contribution is 2.17. The van der Waals surface area contributed by atoms with Gasteiger partial charge >= 0.3 is 5.97 Å². The standard InChI is InChI=1S/C11H16N2O4/c14-9-3-1-2-4-13-6-7(9)12-11(17)8(13)5-10(15)16/h7-8H,1-6H2,(H,12,17)(H,15,16)/t7-,8+/m0/s1. The van der Waals surface area contributed by atoms with Crippen LogP contribution in [0.2, 0.25) is 0 Å². The number of carboxylic acids is 1. The molecule has 1 unspecified atom stereocenters. The molecule has 6 heteroatoms. The molecule has 2 saturated heterocycles. The van der Waals surface area contributed by atoms with Gasteiger partial charge in [0.25, 0.3) is 0 Å². The van der Waals surface area contributed by atoms with E-state index in [2.05, 4.69) is 5.32 Å². The minimum absolute atomic E-state index is 0.0526. The molecule has 1 amide bonds. The molecule has 0 saturated carbocycles. The number of Topliss-reactive ketones (excluding diaryl/α,β-unsaturated/α-hetero) is 1. The summed E-state index contributed by atoms with van der Waals surface area (Å²) in [6, 6.07) is -1.08. The predicted octanol–water partition coefficient (Wildman–Crippen LogP) is -0.617. The Morgan fingerprint density at radius 1 is 1.41 bits per heavy atom. The Kier molecular flexibility index (Phi) is 3.42. The fourth-order valence-corrected chi connectivity index (χ4v) is 2.45. The molecule has 0 aromatic rings. The van der Waals surface area contributed by atoms with Crippen LogP contribution in [0.5, 0.6) is 0 Å². The number of rotatable bonds is 2. The molecule has 0 spiro atoms. The lowest BCUT2D eigenvalue weighted by Crippen LogP contribution is -2.63. The molecule has 2 N–H and O–H groups in total. The van der Waals surface area contributed by atoms with Gasteiger partial charge in [0.15, 0.2) is 5.78 Å². The zero-order valence-corrected chi connectivity index (χ0v) is 9.52. The first-order valence-corrected chi connectivity index (χ1v) is 5.87. The number of nitrogens with one attached hydrogen (secondary N) is 1. The van der Waals surface area contributed by atoms with Gasteiger partial charge in [-0.05, 0) is 19.4 Å². The number of hydrogen-bond acceptors (Lipinski definition) is 4. The van der Waals surface area contributed by atoms with Gasteiger partial charge in [-0.2, -0.15) is 0 Å². The highest BCUT2D eigenvalue weighted by Gasteiger charge is 2.38. The highest BCUT2D eigenvalue weighted by atomic mass is 16.4. The van der Waals surface area contributed by atoms with Crippen molar-refractivity contribution in [3.8, 4) is 0 Å². The fourth-order valence-electron chi connectivity index (χ4n) is 2.45. The van der Waals surface area contributed by atoms with Crippen LogP contribution in [-0.4, -0.2) is 52.8 Å². The van der Waals surface area contributed by atoms with Crippen LogP contribution < -0.4 is 5.32 Å². The molecular weight excluding hydrogens is 224 g/mol. The van der Waals surface area contributed by atoms with Crippen LogP contribution in [-0.2, 0) is 14.4 Å². The third-order valence-electron chi connectivity index (χ3n) is 3.35. The topological polar surface area (TPSA) is 86.7 Å². The number of nitrogens with zero attached hydrogens (tertiary/aromatic N) is 1. The van der Waals surface area contributed by atoms with Gasteiger partial charge in [0.2, 0.25) is 5.91 Å². The van der Waals surface area contributed by atoms with Crippen molar-refractivity contribution in [1.29, 1.82) is 0 Å². The first-order valence-electron chi connectivity index (χ1n) is 5.87. The van der Waals surface area contributed by atoms with Crippen LogP contribution in [0.1, 0.15) is 25.7 Å². The van der Waals surface area contributed by atoms with Gasteiger partial charge in [-0.3, -0.25) is 19.3 Å². The largest absolute Gasteiger partial charge is 0.481 e. The number of aliphatic carboxylic acids is 1. The molecule has 2 aliphatic heterocycles. The molecular formula is C11H16N2O4. The number of fused-ring (bicyclic) bond motifs is 2. The quantitative estimate of drug-likeness (QED) is 0.672. The number of ketones is 1. The number of carbonyl (C=O) groups excluding carboxylic acids is 2. The fraction of sp³-hybridized carbons (Fsp3) is 0.727. The summed E-state index contributed by atoms with van der Waals surface area (Å²) in [5.41, 5.74) is 0. The van der Waals surface area contributed by atoms with Crippen LogP contribution >= 0.6 is 0 Å². The van der Waals surface area contributed by atoms with E-state index >= 15 is 0 Å². The number of hydrogen-bond donors (Lipinski definition) is 2. The third kappa shape index (κ3) is 2.63. The summed E-state index contributed by atoms with van der Waals surface area (Å²) >= 11 is 0. The number of amides is 1. The molecule has 3 atom stereocenters. The molecule has 2 bridgehead atoms. The number of piperazine rings is 1. The zero-order valence-electron chi connectivity index (χ0n) is 9.52. The predicted molar refractivity (Wildman–Crippen MR) is 58.4 cm³/mol. The van der Waals surface area contributed by atoms with Crippen molar-refractivity contribution in [3.05, 3.63) is 0 Å². The van der Waals surface area contributed by atoms with E-state index in [0.717, 1.165) is 12.8 Å². The van der Waals surface area contributed by atoms with E-state index in [1.165, 1.54) is 0 Å². The average Bonchev–Trinajstić information content (AvgIpc) is 2.25. The zero-order chi connectivity index (χ0) is 12.4. The highest BCUT2D eigenvalue weighted by molar-refractivity contribution is 5.93. The normalized spacial score (nSPS) is 33.5. The van der Waals surface area contributed by atoms with Crippen molar-refractivity contribution in [1.82, 2.24) is 10.2 Å². The number of carboxylic acid groups (broad SMARTS) is 1. The summed E-state index contributed by atoms with van der Waals surface area (Å²) in [4.78, 5) is 36.0. The van der Waals surface area contributed by atoms with Crippen molar-refractivity contribution < 1.29 is 19.5 Å². The Bertz CT molecular complexity index is 355. The van der Waals surface area contributed by atoms with E-state index in [9.17, 15) is 14.4 Å². The maximum atomic E-state index is 11.8. The van der Waals surface area contributed by atoms with Gasteiger partial charge in [0.1, 0.15) is 6.04 Å². The van der Waals surface area contributed by atoms with Crippen LogP contribution in [0.4, 0.5) is 0 Å². The van der Waals surface area contributed by atoms with Crippen molar-refractivity contribution in [2.45, 2.75) is 37.8 Å². The Morgan fingerprint density at radius 2 is 2.18 bits per heavy atom. The van der Waals surface area contributed by atoms with Crippen LogP contribution in [0, 0.1) is 0 Å². The lowest BCUT2D eigenvalue weighted by atomic mass is 9.96. The van der Waals surface area contributed by atoms with Gasteiger partial charge in [-0.1, -0.05) is 0 Å². The van der Waals surface area contributed by atoms with Crippen LogP contribution in [0.25, 0.3) is 0 Å². The lowest BCUT2D eigenvalue weighted by molar-refractivity contribution is -0.145. The second-order valence-electron chi connectivity index (χ2n) is 4.59. The molecule has 0 radical (unpaired) electrons. The minimum atomic E-state index is -0.989. The van der Waals surface area contributed by atoms with E-state index < -0.39 is 18.1 Å². The van der Waals surface area contributed by atoms with Gasteiger partial charge in [-0.15, -0.1) is 0 Å². The molecule has 2 rings (SSSR count). The summed E-state index contributed by atoms with van der Waals surface area (Å²) in [5.74, 6) is -1.27. The average molecular weight is 240 g/mol. The smallest absolute Gasteiger partial charge is 0.305 e. The molecule has 0 aromatic heterocycles. The minimum Gasteiger partial charge on any atom is -0.481 e. The summed E-state index contributed by atoms with van der Waals surface area (Å²) in [6.45, 7) is 1.14. The molecule has 17 heavy (non-hydrogen) atoms. The maximum Gasteiger partial charge on any atom is 0.305 e. The second kappa shape index (κ2) is 4.83. The van der Waals surface area contributed by atoms with Gasteiger partial charge in [0.05, 0.1) is 12.5 Å². The van der Waals surface area contributed by atoms with E-state index in [4.69, 9.17) is 5.11 Å². The monoisotopic (exact) mass is 240 g/mol. The van der Waals surface area contributed by atoms with Gasteiger partial charge < -0.3 is 10.4 Å². The summed E-state index contributed by atoms with van der Waals surface area (Å²) < 4.78 is 0. The van der Waals surface area contributed by atoms with Crippen molar-refractivity contribution in [2.75, 3.05) is 13.1 Å². The summed E-state index contributed by atoms with van der Waals surface area (Å²) in [6.07, 6.45) is 1.94. The Hall–Kier alpha value is -1.43. The summed E-state index contributed by atoms with van der Waals surface area (Å²) in [7, 11) is 0. The summed E-state index contributed by atoms with van der Waals surface area (Å²) in [5, 5.41) is 11.4. The number of carbonyl (C=O) groups is 3. The van der Waals surface area contributed by atoms with Crippen LogP contribution in [0.3, 0.4) is 0 Å². The van der Waals surface area contributed by atoms with Crippen molar-refractivity contribution in [3.63, 3.8) is 0 Å². The molecule has 2 fully saturated rings. The first kappa shape index (κ1) is 12.0. The van der Waals surface area contributed by atoms with E-state index in [1.54, 1.807) is 0 Å². The Morgan fingerprint density at radius 3 is 2.88 bits per heavy atom. The lowest BCUT2D eigenvalue weighted by Gasteiger charge is -2.39. The second-order valence-corrected chi connectivity index (χ2v) is 4.59. The molecule has 0 aromatic carbocycles. The molecule has 94 valence electrons. The SMILES string of the molecule is O=C(O)C[C@@H]1C(=O)N[C@H]2CN1CCCCC2=O. The molecule has 0 aliphatic carbocycles. The Labute approximate surface area is 99.0 Å². The first-order chi connectivity index (χ1) is 8.08. The molecule has 2 heterocycles. The van der Waals surface area contributed by atoms with Gasteiger partial charge in [-0.25, -0.2) is 0 Å². The van der Waals surface area contributed by atoms with E-state index in [-0.39, 0.29) is 18.1 Å². The van der Waals surface area contributed by atoms with E-state index in [0.29, 0.717) is 19.5 Å². The molecule has 2 aliphatic rings. The van der Waals surface area contributed by atoms with Crippen LogP contribution in [0.15, 0.2) is 0 Å². The molecule has 6 nitrogen and oxygen atoms in total.